The van der Waals surface area contributed by atoms with Gasteiger partial charge in [-0.1, -0.05) is 41.9 Å². The van der Waals surface area contributed by atoms with E-state index in [2.05, 4.69) is 10.6 Å². The number of halogens is 1. The summed E-state index contributed by atoms with van der Waals surface area (Å²) in [5.74, 6) is -2.25. The maximum Gasteiger partial charge on any atom is 0.327 e. The number of carbonyl (C=O) groups excluding carboxylic acids is 3. The molecule has 2 fully saturated rings. The van der Waals surface area contributed by atoms with Gasteiger partial charge in [-0.2, -0.15) is 0 Å². The second kappa shape index (κ2) is 9.90. The molecule has 4 atom stereocenters. The van der Waals surface area contributed by atoms with Crippen molar-refractivity contribution in [3.63, 3.8) is 0 Å². The zero-order valence-electron chi connectivity index (χ0n) is 20.7. The summed E-state index contributed by atoms with van der Waals surface area (Å²) in [5.41, 5.74) is -0.827. The fraction of sp³-hybridized carbons (Fsp3) is 0.385. The predicted molar refractivity (Wildman–Crippen MR) is 139 cm³/mol. The summed E-state index contributed by atoms with van der Waals surface area (Å²) in [6, 6.07) is 12.2. The number of nitrogens with one attached hydrogen (secondary N) is 2. The molecule has 2 heterocycles. The van der Waals surface area contributed by atoms with Crippen LogP contribution in [0.2, 0.25) is 5.02 Å². The molecule has 0 unspecified atom stereocenters. The Morgan fingerprint density at radius 3 is 2.32 bits per heavy atom. The molecular formula is C26H28ClN3O6S. The van der Waals surface area contributed by atoms with Crippen molar-refractivity contribution in [1.29, 1.82) is 0 Å². The van der Waals surface area contributed by atoms with Gasteiger partial charge in [-0.05, 0) is 57.5 Å². The topological polar surface area (TPSA) is 125 Å². The van der Waals surface area contributed by atoms with Crippen molar-refractivity contribution in [1.82, 2.24) is 15.5 Å². The average molecular weight is 546 g/mol. The number of rotatable bonds is 8. The van der Waals surface area contributed by atoms with Gasteiger partial charge in [0.05, 0.1) is 0 Å². The Kier molecular flexibility index (Phi) is 7.18. The molecule has 0 aliphatic carbocycles. The van der Waals surface area contributed by atoms with Gasteiger partial charge in [-0.3, -0.25) is 14.4 Å². The van der Waals surface area contributed by atoms with E-state index in [1.54, 1.807) is 82.3 Å². The molecule has 11 heteroatoms. The molecule has 2 aliphatic heterocycles. The standard InChI is InChI=1S/C26H28ClN3O6S/c1-25(2,36-16-12-10-15(27)11-13-16)24(35)29-17(14-8-6-5-7-9-14)20(31)28-18-21(32)30-19(23(33)34)26(3,4)37-22(18)30/h5-13,17-19,22H,1-4H3,(H,28,31)(H,29,35)(H,33,34)/t17-,18-,19+,22-/m0/s1. The van der Waals surface area contributed by atoms with Gasteiger partial charge in [-0.15, -0.1) is 11.8 Å². The van der Waals surface area contributed by atoms with Crippen molar-refractivity contribution >= 4 is 47.1 Å². The summed E-state index contributed by atoms with van der Waals surface area (Å²) in [5, 5.41) is 15.1. The Morgan fingerprint density at radius 2 is 1.73 bits per heavy atom. The van der Waals surface area contributed by atoms with E-state index in [0.717, 1.165) is 0 Å². The lowest BCUT2D eigenvalue weighted by Gasteiger charge is -2.44. The molecule has 3 amide bonds. The zero-order chi connectivity index (χ0) is 27.1. The number of amides is 3. The van der Waals surface area contributed by atoms with Crippen LogP contribution in [0.3, 0.4) is 0 Å². The molecular weight excluding hydrogens is 518 g/mol. The van der Waals surface area contributed by atoms with Crippen molar-refractivity contribution < 1.29 is 29.0 Å². The minimum atomic E-state index is -1.34. The van der Waals surface area contributed by atoms with Crippen molar-refractivity contribution in [2.75, 3.05) is 0 Å². The van der Waals surface area contributed by atoms with E-state index in [9.17, 15) is 24.3 Å². The van der Waals surface area contributed by atoms with Crippen molar-refractivity contribution in [3.8, 4) is 5.75 Å². The number of thioether (sulfide) groups is 1. The van der Waals surface area contributed by atoms with Crippen LogP contribution < -0.4 is 15.4 Å². The highest BCUT2D eigenvalue weighted by Crippen LogP contribution is 2.50. The number of ether oxygens (including phenoxy) is 1. The lowest BCUT2D eigenvalue weighted by molar-refractivity contribution is -0.161. The van der Waals surface area contributed by atoms with Crippen LogP contribution in [0.25, 0.3) is 0 Å². The first-order valence-corrected chi connectivity index (χ1v) is 12.9. The van der Waals surface area contributed by atoms with Gasteiger partial charge in [-0.25, -0.2) is 4.79 Å². The predicted octanol–water partition coefficient (Wildman–Crippen LogP) is 2.99. The van der Waals surface area contributed by atoms with Crippen LogP contribution >= 0.6 is 23.4 Å². The molecule has 0 spiro atoms. The fourth-order valence-corrected chi connectivity index (χ4v) is 6.23. The molecule has 0 radical (unpaired) electrons. The van der Waals surface area contributed by atoms with Gasteiger partial charge in [0.2, 0.25) is 11.8 Å². The molecule has 2 aromatic carbocycles. The third-order valence-corrected chi connectivity index (χ3v) is 8.20. The van der Waals surface area contributed by atoms with Gasteiger partial charge >= 0.3 is 5.97 Å². The molecule has 2 aromatic rings. The van der Waals surface area contributed by atoms with Crippen molar-refractivity contribution in [3.05, 3.63) is 65.2 Å². The van der Waals surface area contributed by atoms with Gasteiger partial charge in [0.15, 0.2) is 5.60 Å². The van der Waals surface area contributed by atoms with E-state index in [1.807, 2.05) is 0 Å². The first kappa shape index (κ1) is 26.8. The summed E-state index contributed by atoms with van der Waals surface area (Å²) in [4.78, 5) is 52.6. The average Bonchev–Trinajstić information content (AvgIpc) is 3.10. The number of benzene rings is 2. The Balaban J connectivity index is 1.51. The molecule has 2 aliphatic rings. The van der Waals surface area contributed by atoms with E-state index in [-0.39, 0.29) is 0 Å². The van der Waals surface area contributed by atoms with E-state index >= 15 is 0 Å². The van der Waals surface area contributed by atoms with Gasteiger partial charge in [0, 0.05) is 9.77 Å². The van der Waals surface area contributed by atoms with Crippen molar-refractivity contribution in [2.45, 2.75) is 61.5 Å². The van der Waals surface area contributed by atoms with Crippen LogP contribution in [0.15, 0.2) is 54.6 Å². The Bertz CT molecular complexity index is 1220. The summed E-state index contributed by atoms with van der Waals surface area (Å²) >= 11 is 7.25. The van der Waals surface area contributed by atoms with Gasteiger partial charge < -0.3 is 25.4 Å². The first-order chi connectivity index (χ1) is 17.3. The lowest BCUT2D eigenvalue weighted by Crippen LogP contribution is -2.71. The van der Waals surface area contributed by atoms with Crippen LogP contribution in [-0.4, -0.2) is 61.5 Å². The van der Waals surface area contributed by atoms with Crippen LogP contribution in [0.1, 0.15) is 39.3 Å². The van der Waals surface area contributed by atoms with Gasteiger partial charge in [0.25, 0.3) is 5.91 Å². The molecule has 196 valence electrons. The number of nitrogens with zero attached hydrogens (tertiary/aromatic N) is 1. The summed E-state index contributed by atoms with van der Waals surface area (Å²) < 4.78 is 5.14. The smallest absolute Gasteiger partial charge is 0.327 e. The SMILES string of the molecule is CC(C)(Oc1ccc(Cl)cc1)C(=O)N[C@H](C(=O)N[C@H]1C(=O)N2[C@H]1SC(C)(C)[C@H]2C(=O)O)c1ccccc1. The summed E-state index contributed by atoms with van der Waals surface area (Å²) in [6.45, 7) is 6.68. The number of hydrogen-bond acceptors (Lipinski definition) is 6. The van der Waals surface area contributed by atoms with Crippen LogP contribution in [0.5, 0.6) is 5.75 Å². The number of aliphatic carboxylic acids is 1. The minimum Gasteiger partial charge on any atom is -0.480 e. The largest absolute Gasteiger partial charge is 0.480 e. The highest BCUT2D eigenvalue weighted by atomic mass is 35.5. The van der Waals surface area contributed by atoms with Crippen LogP contribution in [0.4, 0.5) is 0 Å². The maximum atomic E-state index is 13.4. The van der Waals surface area contributed by atoms with Gasteiger partial charge in [0.1, 0.15) is 29.2 Å². The van der Waals surface area contributed by atoms with E-state index in [0.29, 0.717) is 16.3 Å². The molecule has 0 bridgehead atoms. The van der Waals surface area contributed by atoms with E-state index in [4.69, 9.17) is 16.3 Å². The second-order valence-corrected chi connectivity index (χ2v) is 12.2. The number of carbonyl (C=O) groups is 4. The third-order valence-electron chi connectivity index (χ3n) is 6.38. The number of carboxylic acids is 1. The first-order valence-electron chi connectivity index (χ1n) is 11.7. The maximum absolute atomic E-state index is 13.4. The molecule has 3 N–H and O–H groups in total. The second-order valence-electron chi connectivity index (χ2n) is 9.97. The Morgan fingerprint density at radius 1 is 1.11 bits per heavy atom. The molecule has 9 nitrogen and oxygen atoms in total. The number of β-lactam (4-membered cyclic amide) rings is 1. The summed E-state index contributed by atoms with van der Waals surface area (Å²) in [6.07, 6.45) is 0. The monoisotopic (exact) mass is 545 g/mol. The normalized spacial score (nSPS) is 22.9. The quantitative estimate of drug-likeness (QED) is 0.435. The highest BCUT2D eigenvalue weighted by molar-refractivity contribution is 8.01. The summed E-state index contributed by atoms with van der Waals surface area (Å²) in [7, 11) is 0. The van der Waals surface area contributed by atoms with Crippen LogP contribution in [-0.2, 0) is 19.2 Å². The Labute approximate surface area is 223 Å². The minimum absolute atomic E-state index is 0.430. The lowest BCUT2D eigenvalue weighted by atomic mass is 9.95. The van der Waals surface area contributed by atoms with Crippen LogP contribution in [0, 0.1) is 0 Å². The molecule has 37 heavy (non-hydrogen) atoms. The van der Waals surface area contributed by atoms with Crippen molar-refractivity contribution in [2.24, 2.45) is 0 Å². The zero-order valence-corrected chi connectivity index (χ0v) is 22.3. The molecule has 2 saturated heterocycles. The number of fused-ring (bicyclic) bond motifs is 1. The molecule has 0 aromatic heterocycles. The van der Waals surface area contributed by atoms with E-state index < -0.39 is 57.5 Å². The third kappa shape index (κ3) is 5.26. The molecule has 0 saturated carbocycles. The highest BCUT2D eigenvalue weighted by Gasteiger charge is 2.64. The fourth-order valence-electron chi connectivity index (χ4n) is 4.48. The number of carboxylic acid groups (broad SMARTS) is 1. The number of hydrogen-bond donors (Lipinski definition) is 3. The van der Waals surface area contributed by atoms with E-state index in [1.165, 1.54) is 16.7 Å². The Hall–Kier alpha value is -3.24. The molecule has 4 rings (SSSR count).